The van der Waals surface area contributed by atoms with Crippen LogP contribution in [0.15, 0.2) is 46.9 Å². The highest BCUT2D eigenvalue weighted by molar-refractivity contribution is 7.11. The molecule has 0 aliphatic carbocycles. The summed E-state index contributed by atoms with van der Waals surface area (Å²) in [5.41, 5.74) is 6.12. The molecule has 2 amide bonds. The van der Waals surface area contributed by atoms with Gasteiger partial charge in [-0.25, -0.2) is 10.9 Å². The molecule has 0 saturated heterocycles. The van der Waals surface area contributed by atoms with Crippen molar-refractivity contribution >= 4 is 35.4 Å². The second kappa shape index (κ2) is 8.02. The molecule has 0 aliphatic heterocycles. The van der Waals surface area contributed by atoms with Crippen LogP contribution in [-0.4, -0.2) is 23.2 Å². The Morgan fingerprint density at radius 2 is 2.13 bits per heavy atom. The van der Waals surface area contributed by atoms with Gasteiger partial charge in [-0.3, -0.25) is 14.8 Å². The molecule has 1 aromatic heterocycles. The van der Waals surface area contributed by atoms with E-state index in [2.05, 4.69) is 10.5 Å². The number of amides is 2. The second-order valence-corrected chi connectivity index (χ2v) is 5.55. The largest absolute Gasteiger partial charge is 0.288 e. The van der Waals surface area contributed by atoms with E-state index < -0.39 is 5.91 Å². The molecule has 0 spiro atoms. The Labute approximate surface area is 137 Å². The van der Waals surface area contributed by atoms with Crippen molar-refractivity contribution in [3.8, 4) is 0 Å². The summed E-state index contributed by atoms with van der Waals surface area (Å²) in [6.07, 6.45) is 4.25. The first-order chi connectivity index (χ1) is 11.1. The van der Waals surface area contributed by atoms with Gasteiger partial charge in [-0.1, -0.05) is 12.1 Å². The van der Waals surface area contributed by atoms with Gasteiger partial charge in [-0.2, -0.15) is 5.10 Å². The topological polar surface area (TPSA) is 90.8 Å². The van der Waals surface area contributed by atoms with Crippen LogP contribution in [0.5, 0.6) is 0 Å². The lowest BCUT2D eigenvalue weighted by Gasteiger charge is -2.01. The van der Waals surface area contributed by atoms with Gasteiger partial charge in [0.1, 0.15) is 0 Å². The van der Waals surface area contributed by atoms with Gasteiger partial charge >= 0.3 is 0 Å². The predicted octanol–water partition coefficient (Wildman–Crippen LogP) is 2.34. The van der Waals surface area contributed by atoms with Crippen molar-refractivity contribution in [2.24, 2.45) is 5.10 Å². The maximum absolute atomic E-state index is 12.0. The molecule has 2 rings (SSSR count). The number of nitrogens with zero attached hydrogens (tertiary/aromatic N) is 1. The number of hydrogen-bond acceptors (Lipinski definition) is 5. The van der Waals surface area contributed by atoms with Crippen LogP contribution in [0.2, 0.25) is 0 Å². The zero-order chi connectivity index (χ0) is 16.7. The number of carbonyl (C=O) groups excluding carboxylic acids is 2. The lowest BCUT2D eigenvalue weighted by molar-refractivity contribution is -0.124. The molecule has 7 heteroatoms. The molecule has 3 N–H and O–H groups in total. The van der Waals surface area contributed by atoms with Gasteiger partial charge < -0.3 is 0 Å². The molecule has 0 saturated carbocycles. The van der Waals surface area contributed by atoms with Crippen LogP contribution in [0.1, 0.15) is 26.4 Å². The molecule has 0 radical (unpaired) electrons. The van der Waals surface area contributed by atoms with Crippen molar-refractivity contribution in [2.75, 3.05) is 0 Å². The molecule has 1 aromatic carbocycles. The molecule has 0 aliphatic rings. The predicted molar refractivity (Wildman–Crippen MR) is 89.5 cm³/mol. The quantitative estimate of drug-likeness (QED) is 0.340. The van der Waals surface area contributed by atoms with E-state index in [1.807, 2.05) is 18.4 Å². The number of benzene rings is 1. The van der Waals surface area contributed by atoms with Crippen molar-refractivity contribution in [1.82, 2.24) is 10.9 Å². The van der Waals surface area contributed by atoms with Crippen molar-refractivity contribution in [3.63, 3.8) is 0 Å². The number of aryl methyl sites for hydroxylation is 1. The Hall–Kier alpha value is -2.77. The number of nitrogens with one attached hydrogen (secondary N) is 2. The summed E-state index contributed by atoms with van der Waals surface area (Å²) in [7, 11) is 0. The lowest BCUT2D eigenvalue weighted by Crippen LogP contribution is -2.17. The molecular weight excluding hydrogens is 314 g/mol. The van der Waals surface area contributed by atoms with Crippen LogP contribution in [0.3, 0.4) is 0 Å². The van der Waals surface area contributed by atoms with Gasteiger partial charge in [0.05, 0.1) is 6.21 Å². The second-order valence-electron chi connectivity index (χ2n) is 4.60. The number of carbonyl (C=O) groups is 2. The van der Waals surface area contributed by atoms with Crippen molar-refractivity contribution in [3.05, 3.63) is 63.4 Å². The monoisotopic (exact) mass is 329 g/mol. The van der Waals surface area contributed by atoms with Gasteiger partial charge in [0, 0.05) is 16.5 Å². The highest BCUT2D eigenvalue weighted by atomic mass is 32.1. The first-order valence-corrected chi connectivity index (χ1v) is 7.58. The normalized spacial score (nSPS) is 11.0. The third-order valence-electron chi connectivity index (χ3n) is 2.94. The van der Waals surface area contributed by atoms with E-state index in [4.69, 9.17) is 5.21 Å². The van der Waals surface area contributed by atoms with Crippen LogP contribution in [0.25, 0.3) is 6.08 Å². The van der Waals surface area contributed by atoms with Crippen LogP contribution < -0.4 is 10.9 Å². The third-order valence-corrected chi connectivity index (χ3v) is 3.89. The fraction of sp³-hybridized carbons (Fsp3) is 0.0625. The van der Waals surface area contributed by atoms with Gasteiger partial charge in [0.25, 0.3) is 11.8 Å². The van der Waals surface area contributed by atoms with E-state index in [9.17, 15) is 9.59 Å². The highest BCUT2D eigenvalue weighted by Crippen LogP contribution is 2.12. The van der Waals surface area contributed by atoms with E-state index in [0.717, 1.165) is 16.5 Å². The summed E-state index contributed by atoms with van der Waals surface area (Å²) in [4.78, 5) is 24.0. The van der Waals surface area contributed by atoms with Crippen molar-refractivity contribution < 1.29 is 14.8 Å². The average molecular weight is 329 g/mol. The summed E-state index contributed by atoms with van der Waals surface area (Å²) >= 11 is 1.54. The summed E-state index contributed by atoms with van der Waals surface area (Å²) < 4.78 is 0. The molecule has 0 unspecified atom stereocenters. The van der Waals surface area contributed by atoms with E-state index >= 15 is 0 Å². The minimum atomic E-state index is -0.643. The van der Waals surface area contributed by atoms with Crippen LogP contribution in [-0.2, 0) is 4.79 Å². The van der Waals surface area contributed by atoms with Gasteiger partial charge in [-0.05, 0) is 47.7 Å². The standard InChI is InChI=1S/C16H15N3O3S/c1-11-7-8-23-14(11)10-17-18-16(21)13-4-2-3-12(9-13)5-6-15(20)19-22/h2-10,22H,1H3,(H,18,21)(H,19,20)/b6-5+,17-10+. The number of hydroxylamine groups is 1. The molecule has 6 nitrogen and oxygen atoms in total. The van der Waals surface area contributed by atoms with E-state index in [1.54, 1.807) is 41.8 Å². The van der Waals surface area contributed by atoms with E-state index in [-0.39, 0.29) is 5.91 Å². The Morgan fingerprint density at radius 1 is 1.30 bits per heavy atom. The lowest BCUT2D eigenvalue weighted by atomic mass is 10.1. The smallest absolute Gasteiger partial charge is 0.271 e. The molecule has 118 valence electrons. The number of hydrogen-bond donors (Lipinski definition) is 3. The fourth-order valence-corrected chi connectivity index (χ4v) is 2.51. The average Bonchev–Trinajstić information content (AvgIpc) is 2.98. The Morgan fingerprint density at radius 3 is 2.83 bits per heavy atom. The Balaban J connectivity index is 2.02. The Bertz CT molecular complexity index is 765. The first kappa shape index (κ1) is 16.6. The molecule has 2 aromatic rings. The maximum Gasteiger partial charge on any atom is 0.271 e. The molecule has 23 heavy (non-hydrogen) atoms. The SMILES string of the molecule is Cc1ccsc1/C=N/NC(=O)c1cccc(/C=C/C(=O)NO)c1. The number of thiophene rings is 1. The summed E-state index contributed by atoms with van der Waals surface area (Å²) in [5.74, 6) is -0.993. The molecule has 0 bridgehead atoms. The summed E-state index contributed by atoms with van der Waals surface area (Å²) in [5, 5.41) is 14.3. The van der Waals surface area contributed by atoms with Crippen LogP contribution in [0.4, 0.5) is 0 Å². The minimum Gasteiger partial charge on any atom is -0.288 e. The Kier molecular flexibility index (Phi) is 5.79. The van der Waals surface area contributed by atoms with Crippen molar-refractivity contribution in [1.29, 1.82) is 0 Å². The van der Waals surface area contributed by atoms with E-state index in [1.165, 1.54) is 11.6 Å². The highest BCUT2D eigenvalue weighted by Gasteiger charge is 2.04. The minimum absolute atomic E-state index is 0.350. The van der Waals surface area contributed by atoms with Gasteiger partial charge in [0.15, 0.2) is 0 Å². The zero-order valence-electron chi connectivity index (χ0n) is 12.3. The molecular formula is C16H15N3O3S. The maximum atomic E-state index is 12.0. The zero-order valence-corrected chi connectivity index (χ0v) is 13.1. The fourth-order valence-electron chi connectivity index (χ4n) is 1.72. The van der Waals surface area contributed by atoms with Gasteiger partial charge in [-0.15, -0.1) is 11.3 Å². The number of rotatable bonds is 5. The summed E-state index contributed by atoms with van der Waals surface area (Å²) in [6.45, 7) is 1.97. The summed E-state index contributed by atoms with van der Waals surface area (Å²) in [6, 6.07) is 8.66. The van der Waals surface area contributed by atoms with E-state index in [0.29, 0.717) is 11.1 Å². The molecule has 1 heterocycles. The molecule has 0 atom stereocenters. The first-order valence-electron chi connectivity index (χ1n) is 6.70. The third kappa shape index (κ3) is 4.87. The van der Waals surface area contributed by atoms with Crippen LogP contribution in [0, 0.1) is 6.92 Å². The van der Waals surface area contributed by atoms with Gasteiger partial charge in [0.2, 0.25) is 0 Å². The number of hydrazone groups is 1. The van der Waals surface area contributed by atoms with Crippen LogP contribution >= 0.6 is 11.3 Å². The molecule has 0 fully saturated rings. The van der Waals surface area contributed by atoms with Crippen molar-refractivity contribution in [2.45, 2.75) is 6.92 Å².